The normalized spacial score (nSPS) is 14.0. The molecule has 0 aliphatic carbocycles. The molecule has 2 aromatic heterocycles. The van der Waals surface area contributed by atoms with Crippen molar-refractivity contribution in [2.24, 2.45) is 5.73 Å². The molecule has 2 amide bonds. The largest absolute Gasteiger partial charge is 0.369 e. The van der Waals surface area contributed by atoms with Crippen molar-refractivity contribution in [2.45, 2.75) is 13.3 Å². The van der Waals surface area contributed by atoms with Crippen LogP contribution in [-0.4, -0.2) is 64.8 Å². The van der Waals surface area contributed by atoms with Gasteiger partial charge in [0.1, 0.15) is 5.82 Å². The molecule has 0 atom stereocenters. The fourth-order valence-electron chi connectivity index (χ4n) is 6.36. The van der Waals surface area contributed by atoms with Gasteiger partial charge in [0.15, 0.2) is 0 Å². The number of primary amides is 1. The number of carbonyl (C=O) groups excluding carboxylic acids is 2. The molecular weight excluding hydrogens is 548 g/mol. The molecule has 0 radical (unpaired) electrons. The van der Waals surface area contributed by atoms with Crippen molar-refractivity contribution < 1.29 is 9.59 Å². The van der Waals surface area contributed by atoms with Crippen LogP contribution in [0.3, 0.4) is 0 Å². The molecule has 1 saturated heterocycles. The first-order chi connectivity index (χ1) is 21.4. The maximum Gasteiger partial charge on any atom is 0.254 e. The van der Waals surface area contributed by atoms with E-state index in [1.54, 1.807) is 0 Å². The third-order valence-corrected chi connectivity index (χ3v) is 8.79. The molecule has 4 aromatic carbocycles. The van der Waals surface area contributed by atoms with Crippen molar-refractivity contribution >= 4 is 55.9 Å². The second-order valence-corrected chi connectivity index (χ2v) is 11.6. The summed E-state index contributed by atoms with van der Waals surface area (Å²) in [4.78, 5) is 37.8. The lowest BCUT2D eigenvalue weighted by atomic mass is 9.92. The predicted molar refractivity (Wildman–Crippen MR) is 177 cm³/mol. The van der Waals surface area contributed by atoms with E-state index in [1.165, 1.54) is 0 Å². The zero-order valence-corrected chi connectivity index (χ0v) is 24.9. The molecular formula is C36H34N6O2. The summed E-state index contributed by atoms with van der Waals surface area (Å²) in [6.45, 7) is 5.26. The zero-order valence-electron chi connectivity index (χ0n) is 24.9. The van der Waals surface area contributed by atoms with E-state index in [1.807, 2.05) is 59.6 Å². The van der Waals surface area contributed by atoms with Gasteiger partial charge in [0, 0.05) is 65.3 Å². The molecule has 0 saturated carbocycles. The van der Waals surface area contributed by atoms with Crippen molar-refractivity contribution in [3.63, 3.8) is 0 Å². The van der Waals surface area contributed by atoms with Crippen molar-refractivity contribution in [3.8, 4) is 11.1 Å². The van der Waals surface area contributed by atoms with Crippen LogP contribution in [0.1, 0.15) is 21.5 Å². The van der Waals surface area contributed by atoms with Crippen molar-refractivity contribution in [1.82, 2.24) is 19.8 Å². The van der Waals surface area contributed by atoms with Crippen molar-refractivity contribution in [3.05, 3.63) is 102 Å². The standard InChI is InChI=1S/C36H34N6O2/c1-22-26(8-5-9-30(22)40-35-27-7-4-3-6-23(27)14-15-38-35)28-12-10-24(21-32(37)43)34-33(28)29-13-11-25(20-31(29)39-34)36(44)42-18-16-41(2)17-19-42/h3-15,20,39H,16-19,21H2,1-2H3,(H2,37,43)(H,38,40). The number of aromatic amines is 1. The van der Waals surface area contributed by atoms with Gasteiger partial charge >= 0.3 is 0 Å². The van der Waals surface area contributed by atoms with Crippen LogP contribution >= 0.6 is 0 Å². The van der Waals surface area contributed by atoms with Gasteiger partial charge in [-0.05, 0) is 65.9 Å². The zero-order chi connectivity index (χ0) is 30.4. The second-order valence-electron chi connectivity index (χ2n) is 11.6. The van der Waals surface area contributed by atoms with E-state index in [-0.39, 0.29) is 12.3 Å². The fourth-order valence-corrected chi connectivity index (χ4v) is 6.36. The number of pyridine rings is 1. The van der Waals surface area contributed by atoms with Gasteiger partial charge in [-0.15, -0.1) is 0 Å². The number of nitrogens with zero attached hydrogens (tertiary/aromatic N) is 3. The molecule has 220 valence electrons. The third kappa shape index (κ3) is 4.93. The van der Waals surface area contributed by atoms with Crippen LogP contribution in [-0.2, 0) is 11.2 Å². The summed E-state index contributed by atoms with van der Waals surface area (Å²) in [5.41, 5.74) is 13.0. The van der Waals surface area contributed by atoms with Gasteiger partial charge in [-0.2, -0.15) is 0 Å². The predicted octanol–water partition coefficient (Wildman–Crippen LogP) is 6.00. The number of rotatable bonds is 6. The summed E-state index contributed by atoms with van der Waals surface area (Å²) in [6, 6.07) is 26.3. The molecule has 6 aromatic rings. The molecule has 3 heterocycles. The summed E-state index contributed by atoms with van der Waals surface area (Å²) >= 11 is 0. The first-order valence-corrected chi connectivity index (χ1v) is 14.9. The average molecular weight is 583 g/mol. The third-order valence-electron chi connectivity index (χ3n) is 8.79. The van der Waals surface area contributed by atoms with Gasteiger partial charge < -0.3 is 25.8 Å². The number of carbonyl (C=O) groups is 2. The van der Waals surface area contributed by atoms with Crippen molar-refractivity contribution in [2.75, 3.05) is 38.5 Å². The lowest BCUT2D eigenvalue weighted by Gasteiger charge is -2.32. The number of H-pyrrole nitrogens is 1. The summed E-state index contributed by atoms with van der Waals surface area (Å²) in [6.07, 6.45) is 1.93. The molecule has 0 unspecified atom stereocenters. The van der Waals surface area contributed by atoms with E-state index in [4.69, 9.17) is 5.73 Å². The van der Waals surface area contributed by atoms with Gasteiger partial charge in [0.2, 0.25) is 5.91 Å². The van der Waals surface area contributed by atoms with Gasteiger partial charge in [0.25, 0.3) is 5.91 Å². The molecule has 1 fully saturated rings. The average Bonchev–Trinajstić information content (AvgIpc) is 3.42. The van der Waals surface area contributed by atoms with E-state index in [0.29, 0.717) is 18.7 Å². The molecule has 0 spiro atoms. The molecule has 7 rings (SSSR count). The Hall–Kier alpha value is -5.21. The summed E-state index contributed by atoms with van der Waals surface area (Å²) < 4.78 is 0. The van der Waals surface area contributed by atoms with E-state index >= 15 is 0 Å². The Morgan fingerprint density at radius 3 is 2.55 bits per heavy atom. The molecule has 8 heteroatoms. The smallest absolute Gasteiger partial charge is 0.254 e. The van der Waals surface area contributed by atoms with Gasteiger partial charge in [-0.25, -0.2) is 4.98 Å². The van der Waals surface area contributed by atoms with Gasteiger partial charge in [-0.3, -0.25) is 9.59 Å². The number of nitrogens with two attached hydrogens (primary N) is 1. The van der Waals surface area contributed by atoms with Crippen LogP contribution in [0, 0.1) is 6.92 Å². The highest BCUT2D eigenvalue weighted by molar-refractivity contribution is 6.17. The summed E-state index contributed by atoms with van der Waals surface area (Å²) in [5, 5.41) is 7.73. The van der Waals surface area contributed by atoms with Crippen LogP contribution in [0.5, 0.6) is 0 Å². The molecule has 1 aliphatic heterocycles. The maximum atomic E-state index is 13.4. The number of nitrogens with one attached hydrogen (secondary N) is 2. The Morgan fingerprint density at radius 2 is 1.73 bits per heavy atom. The molecule has 8 nitrogen and oxygen atoms in total. The highest BCUT2D eigenvalue weighted by Crippen LogP contribution is 2.40. The Labute approximate surface area is 255 Å². The Morgan fingerprint density at radius 1 is 0.909 bits per heavy atom. The van der Waals surface area contributed by atoms with E-state index in [9.17, 15) is 9.59 Å². The first kappa shape index (κ1) is 27.6. The number of benzene rings is 4. The quantitative estimate of drug-likeness (QED) is 0.223. The number of hydrogen-bond acceptors (Lipinski definition) is 5. The van der Waals surface area contributed by atoms with Crippen LogP contribution in [0.4, 0.5) is 11.5 Å². The van der Waals surface area contributed by atoms with E-state index in [0.717, 1.165) is 79.4 Å². The van der Waals surface area contributed by atoms with Crippen LogP contribution in [0.25, 0.3) is 43.7 Å². The number of hydrogen-bond donors (Lipinski definition) is 3. The van der Waals surface area contributed by atoms with Crippen LogP contribution in [0.2, 0.25) is 0 Å². The highest BCUT2D eigenvalue weighted by Gasteiger charge is 2.22. The summed E-state index contributed by atoms with van der Waals surface area (Å²) in [7, 11) is 2.08. The van der Waals surface area contributed by atoms with Gasteiger partial charge in [0.05, 0.1) is 11.9 Å². The lowest BCUT2D eigenvalue weighted by Crippen LogP contribution is -2.47. The number of anilines is 2. The van der Waals surface area contributed by atoms with Crippen LogP contribution in [0.15, 0.2) is 85.1 Å². The van der Waals surface area contributed by atoms with E-state index < -0.39 is 5.91 Å². The second kappa shape index (κ2) is 11.1. The lowest BCUT2D eigenvalue weighted by molar-refractivity contribution is -0.117. The minimum absolute atomic E-state index is 0.0351. The molecule has 4 N–H and O–H groups in total. The Balaban J connectivity index is 1.34. The maximum absolute atomic E-state index is 13.4. The number of piperazine rings is 1. The van der Waals surface area contributed by atoms with Crippen molar-refractivity contribution in [1.29, 1.82) is 0 Å². The molecule has 1 aliphatic rings. The first-order valence-electron chi connectivity index (χ1n) is 14.9. The molecule has 0 bridgehead atoms. The van der Waals surface area contributed by atoms with Crippen LogP contribution < -0.4 is 11.1 Å². The Kier molecular flexibility index (Phi) is 6.98. The monoisotopic (exact) mass is 582 g/mol. The minimum atomic E-state index is -0.395. The number of likely N-dealkylation sites (N-methyl/N-ethyl adjacent to an activating group) is 1. The highest BCUT2D eigenvalue weighted by atomic mass is 16.2. The minimum Gasteiger partial charge on any atom is -0.369 e. The molecule has 44 heavy (non-hydrogen) atoms. The number of fused-ring (bicyclic) bond motifs is 4. The fraction of sp³-hybridized carbons (Fsp3) is 0.194. The Bertz CT molecular complexity index is 2070. The van der Waals surface area contributed by atoms with E-state index in [2.05, 4.69) is 64.5 Å². The summed E-state index contributed by atoms with van der Waals surface area (Å²) in [5.74, 6) is 0.441. The SMILES string of the molecule is Cc1c(Nc2nccc3ccccc23)cccc1-c1ccc(CC(N)=O)c2[nH]c3cc(C(=O)N4CCN(C)CC4)ccc3c12. The topological polar surface area (TPSA) is 107 Å². The number of aromatic nitrogens is 2. The number of amides is 2. The van der Waals surface area contributed by atoms with Gasteiger partial charge in [-0.1, -0.05) is 54.6 Å².